The van der Waals surface area contributed by atoms with Crippen molar-refractivity contribution in [3.8, 4) is 0 Å². The summed E-state index contributed by atoms with van der Waals surface area (Å²) in [6.07, 6.45) is 3.51. The number of carbonyl (C=O) groups excluding carboxylic acids is 1. The van der Waals surface area contributed by atoms with Gasteiger partial charge in [0.2, 0.25) is 5.89 Å². The quantitative estimate of drug-likeness (QED) is 0.943. The van der Waals surface area contributed by atoms with Crippen LogP contribution in [0.2, 0.25) is 0 Å². The molecule has 0 spiro atoms. The molecular weight excluding hydrogens is 298 g/mol. The smallest absolute Gasteiger partial charge is 0.268 e. The van der Waals surface area contributed by atoms with E-state index >= 15 is 0 Å². The van der Waals surface area contributed by atoms with Crippen LogP contribution in [0.4, 0.5) is 0 Å². The van der Waals surface area contributed by atoms with Crippen molar-refractivity contribution in [1.82, 2.24) is 14.9 Å². The summed E-state index contributed by atoms with van der Waals surface area (Å²) < 4.78 is 8.06. The molecule has 0 fully saturated rings. The largest absolute Gasteiger partial charge is 0.444 e. The van der Waals surface area contributed by atoms with Gasteiger partial charge in [-0.15, -0.1) is 0 Å². The molecule has 0 atom stereocenters. The molecular formula is C12H14BrN3O2. The molecule has 0 radical (unpaired) electrons. The second-order valence-electron chi connectivity index (χ2n) is 3.88. The van der Waals surface area contributed by atoms with Crippen LogP contribution in [0.3, 0.4) is 0 Å². The van der Waals surface area contributed by atoms with Crippen LogP contribution in [-0.2, 0) is 13.1 Å². The van der Waals surface area contributed by atoms with E-state index in [1.807, 2.05) is 24.6 Å². The average molecular weight is 312 g/mol. The summed E-state index contributed by atoms with van der Waals surface area (Å²) in [4.78, 5) is 16.0. The Morgan fingerprint density at radius 3 is 3.00 bits per heavy atom. The lowest BCUT2D eigenvalue weighted by molar-refractivity contribution is 0.0938. The third kappa shape index (κ3) is 2.81. The highest BCUT2D eigenvalue weighted by atomic mass is 79.9. The van der Waals surface area contributed by atoms with Crippen LogP contribution in [0, 0.1) is 6.92 Å². The van der Waals surface area contributed by atoms with Gasteiger partial charge in [0, 0.05) is 17.2 Å². The Balaban J connectivity index is 2.03. The van der Waals surface area contributed by atoms with E-state index in [1.165, 1.54) is 0 Å². The van der Waals surface area contributed by atoms with E-state index in [9.17, 15) is 4.79 Å². The highest BCUT2D eigenvalue weighted by molar-refractivity contribution is 9.10. The SMILES string of the molecule is CCn1cc(Br)cc1C(=O)NCc1ncc(C)o1. The number of nitrogens with zero attached hydrogens (tertiary/aromatic N) is 2. The van der Waals surface area contributed by atoms with Crippen LogP contribution in [0.1, 0.15) is 29.1 Å². The molecule has 1 amide bonds. The van der Waals surface area contributed by atoms with Gasteiger partial charge in [-0.3, -0.25) is 4.79 Å². The predicted molar refractivity (Wildman–Crippen MR) is 70.2 cm³/mol. The molecule has 0 aliphatic carbocycles. The fraction of sp³-hybridized carbons (Fsp3) is 0.333. The van der Waals surface area contributed by atoms with E-state index in [2.05, 4.69) is 26.2 Å². The normalized spacial score (nSPS) is 10.6. The second-order valence-corrected chi connectivity index (χ2v) is 4.79. The molecule has 0 saturated heterocycles. The molecule has 0 aliphatic heterocycles. The van der Waals surface area contributed by atoms with Gasteiger partial charge in [0.25, 0.3) is 5.91 Å². The number of oxazole rings is 1. The van der Waals surface area contributed by atoms with Crippen molar-refractivity contribution in [3.63, 3.8) is 0 Å². The summed E-state index contributed by atoms with van der Waals surface area (Å²) in [7, 11) is 0. The average Bonchev–Trinajstić information content (AvgIpc) is 2.92. The van der Waals surface area contributed by atoms with E-state index in [0.717, 1.165) is 16.8 Å². The fourth-order valence-electron chi connectivity index (χ4n) is 1.66. The second kappa shape index (κ2) is 5.39. The molecule has 5 nitrogen and oxygen atoms in total. The molecule has 0 aliphatic rings. The van der Waals surface area contributed by atoms with Gasteiger partial charge in [-0.05, 0) is 35.8 Å². The van der Waals surface area contributed by atoms with Crippen molar-refractivity contribution in [2.45, 2.75) is 26.9 Å². The number of carbonyl (C=O) groups is 1. The van der Waals surface area contributed by atoms with Crippen molar-refractivity contribution >= 4 is 21.8 Å². The first-order valence-electron chi connectivity index (χ1n) is 5.65. The molecule has 0 aromatic carbocycles. The first-order chi connectivity index (χ1) is 8.60. The molecule has 18 heavy (non-hydrogen) atoms. The number of hydrogen-bond donors (Lipinski definition) is 1. The van der Waals surface area contributed by atoms with Crippen LogP contribution < -0.4 is 5.32 Å². The van der Waals surface area contributed by atoms with E-state index in [4.69, 9.17) is 4.42 Å². The third-order valence-corrected chi connectivity index (χ3v) is 2.94. The predicted octanol–water partition coefficient (Wildman–Crippen LogP) is 2.50. The summed E-state index contributed by atoms with van der Waals surface area (Å²) in [6.45, 7) is 4.84. The molecule has 0 saturated carbocycles. The molecule has 2 rings (SSSR count). The zero-order valence-corrected chi connectivity index (χ0v) is 11.8. The number of nitrogens with one attached hydrogen (secondary N) is 1. The maximum Gasteiger partial charge on any atom is 0.268 e. The van der Waals surface area contributed by atoms with Crippen molar-refractivity contribution in [2.24, 2.45) is 0 Å². The summed E-state index contributed by atoms with van der Waals surface area (Å²) in [6, 6.07) is 1.79. The van der Waals surface area contributed by atoms with Crippen molar-refractivity contribution in [3.05, 3.63) is 40.3 Å². The van der Waals surface area contributed by atoms with Gasteiger partial charge in [0.15, 0.2) is 0 Å². The van der Waals surface area contributed by atoms with Gasteiger partial charge < -0.3 is 14.3 Å². The lowest BCUT2D eigenvalue weighted by Gasteiger charge is -2.05. The van der Waals surface area contributed by atoms with Crippen molar-refractivity contribution < 1.29 is 9.21 Å². The highest BCUT2D eigenvalue weighted by Crippen LogP contribution is 2.15. The molecule has 2 heterocycles. The van der Waals surface area contributed by atoms with Crippen molar-refractivity contribution in [2.75, 3.05) is 0 Å². The first kappa shape index (κ1) is 12.9. The molecule has 2 aromatic rings. The molecule has 96 valence electrons. The lowest BCUT2D eigenvalue weighted by atomic mass is 10.4. The molecule has 0 unspecified atom stereocenters. The number of aryl methyl sites for hydroxylation is 2. The monoisotopic (exact) mass is 311 g/mol. The number of halogens is 1. The minimum atomic E-state index is -0.140. The van der Waals surface area contributed by atoms with Crippen LogP contribution in [0.15, 0.2) is 27.3 Å². The zero-order chi connectivity index (χ0) is 13.1. The Hall–Kier alpha value is -1.56. The van der Waals surface area contributed by atoms with E-state index in [0.29, 0.717) is 18.1 Å². The van der Waals surface area contributed by atoms with E-state index in [-0.39, 0.29) is 5.91 Å². The standard InChI is InChI=1S/C12H14BrN3O2/c1-3-16-7-9(13)4-10(16)12(17)15-6-11-14-5-8(2)18-11/h4-5,7H,3,6H2,1-2H3,(H,15,17). The number of amides is 1. The van der Waals surface area contributed by atoms with Gasteiger partial charge in [-0.1, -0.05) is 0 Å². The molecule has 6 heteroatoms. The van der Waals surface area contributed by atoms with E-state index < -0.39 is 0 Å². The Bertz CT molecular complexity index is 559. The summed E-state index contributed by atoms with van der Waals surface area (Å²) in [5, 5.41) is 2.78. The Kier molecular flexibility index (Phi) is 3.86. The van der Waals surface area contributed by atoms with Gasteiger partial charge >= 0.3 is 0 Å². The number of hydrogen-bond acceptors (Lipinski definition) is 3. The summed E-state index contributed by atoms with van der Waals surface area (Å²) in [5.74, 6) is 1.10. The Morgan fingerprint density at radius 1 is 1.61 bits per heavy atom. The van der Waals surface area contributed by atoms with Gasteiger partial charge in [0.1, 0.15) is 11.5 Å². The summed E-state index contributed by atoms with van der Waals surface area (Å²) in [5.41, 5.74) is 0.618. The minimum Gasteiger partial charge on any atom is -0.444 e. The van der Waals surface area contributed by atoms with Gasteiger partial charge in [-0.2, -0.15) is 0 Å². The number of rotatable bonds is 4. The highest BCUT2D eigenvalue weighted by Gasteiger charge is 2.12. The Labute approximate surface area is 113 Å². The molecule has 2 aromatic heterocycles. The minimum absolute atomic E-state index is 0.140. The van der Waals surface area contributed by atoms with E-state index in [1.54, 1.807) is 12.3 Å². The summed E-state index contributed by atoms with van der Waals surface area (Å²) >= 11 is 3.36. The van der Waals surface area contributed by atoms with Crippen LogP contribution >= 0.6 is 15.9 Å². The van der Waals surface area contributed by atoms with Crippen LogP contribution in [0.25, 0.3) is 0 Å². The molecule has 0 bridgehead atoms. The van der Waals surface area contributed by atoms with Gasteiger partial charge in [-0.25, -0.2) is 4.98 Å². The van der Waals surface area contributed by atoms with Crippen molar-refractivity contribution in [1.29, 1.82) is 0 Å². The third-order valence-electron chi connectivity index (χ3n) is 2.51. The lowest BCUT2D eigenvalue weighted by Crippen LogP contribution is -2.25. The van der Waals surface area contributed by atoms with Crippen LogP contribution in [0.5, 0.6) is 0 Å². The maximum absolute atomic E-state index is 12.0. The first-order valence-corrected chi connectivity index (χ1v) is 6.44. The zero-order valence-electron chi connectivity index (χ0n) is 10.2. The molecule has 1 N–H and O–H groups in total. The maximum atomic E-state index is 12.0. The number of aromatic nitrogens is 2. The fourth-order valence-corrected chi connectivity index (χ4v) is 2.12. The topological polar surface area (TPSA) is 60.1 Å². The Morgan fingerprint density at radius 2 is 2.39 bits per heavy atom. The van der Waals surface area contributed by atoms with Gasteiger partial charge in [0.05, 0.1) is 12.7 Å². The van der Waals surface area contributed by atoms with Crippen LogP contribution in [-0.4, -0.2) is 15.5 Å².